The molecule has 1 aromatic rings. The molecule has 0 spiro atoms. The first-order valence-corrected chi connectivity index (χ1v) is 6.71. The van der Waals surface area contributed by atoms with Crippen LogP contribution in [0, 0.1) is 5.92 Å². The second-order valence-electron chi connectivity index (χ2n) is 4.99. The van der Waals surface area contributed by atoms with Crippen molar-refractivity contribution in [1.82, 2.24) is 5.32 Å². The van der Waals surface area contributed by atoms with E-state index >= 15 is 0 Å². The number of hydrogen-bond acceptors (Lipinski definition) is 3. The maximum Gasteiger partial charge on any atom is 0.251 e. The third-order valence-electron chi connectivity index (χ3n) is 2.73. The molecular formula is C15H23NO3. The average Bonchev–Trinajstić information content (AvgIpc) is 2.42. The van der Waals surface area contributed by atoms with E-state index in [4.69, 9.17) is 9.84 Å². The fourth-order valence-electron chi connectivity index (χ4n) is 1.54. The van der Waals surface area contributed by atoms with E-state index in [9.17, 15) is 4.79 Å². The van der Waals surface area contributed by atoms with Gasteiger partial charge in [-0.3, -0.25) is 4.79 Å². The summed E-state index contributed by atoms with van der Waals surface area (Å²) in [5.41, 5.74) is 0.549. The van der Waals surface area contributed by atoms with Gasteiger partial charge in [-0.25, -0.2) is 0 Å². The molecule has 1 aromatic carbocycles. The minimum atomic E-state index is -0.201. The molecule has 4 heteroatoms. The summed E-state index contributed by atoms with van der Waals surface area (Å²) in [4.78, 5) is 12.0. The number of carbonyl (C=O) groups is 1. The fraction of sp³-hybridized carbons (Fsp3) is 0.533. The minimum absolute atomic E-state index is 0.0498. The maximum atomic E-state index is 12.0. The van der Waals surface area contributed by atoms with Crippen LogP contribution in [0.1, 0.15) is 37.6 Å². The van der Waals surface area contributed by atoms with Crippen molar-refractivity contribution in [2.75, 3.05) is 13.2 Å². The van der Waals surface area contributed by atoms with Crippen LogP contribution in [0.2, 0.25) is 0 Å². The number of carbonyl (C=O) groups excluding carboxylic acids is 1. The number of benzene rings is 1. The van der Waals surface area contributed by atoms with Crippen molar-refractivity contribution < 1.29 is 14.6 Å². The van der Waals surface area contributed by atoms with E-state index in [-0.39, 0.29) is 18.6 Å². The maximum absolute atomic E-state index is 12.0. The molecule has 0 saturated heterocycles. The third kappa shape index (κ3) is 5.30. The molecule has 0 heterocycles. The number of aliphatic hydroxyl groups excluding tert-OH is 1. The molecule has 0 fully saturated rings. The van der Waals surface area contributed by atoms with Gasteiger partial charge in [0.25, 0.3) is 5.91 Å². The third-order valence-corrected chi connectivity index (χ3v) is 2.73. The number of amides is 1. The van der Waals surface area contributed by atoms with Crippen LogP contribution >= 0.6 is 0 Å². The standard InChI is InChI=1S/C15H23NO3/c1-4-13(9-17)16-15(18)12-6-5-7-14(8-12)19-10-11(2)3/h5-8,11,13,17H,4,9-10H2,1-3H3,(H,16,18)/t13-/m0/s1. The predicted molar refractivity (Wildman–Crippen MR) is 75.4 cm³/mol. The SMILES string of the molecule is CC[C@@H](CO)NC(=O)c1cccc(OCC(C)C)c1. The molecule has 1 atom stereocenters. The van der Waals surface area contributed by atoms with Crippen molar-refractivity contribution in [2.45, 2.75) is 33.2 Å². The Balaban J connectivity index is 2.67. The van der Waals surface area contributed by atoms with Gasteiger partial charge in [-0.2, -0.15) is 0 Å². The largest absolute Gasteiger partial charge is 0.493 e. The van der Waals surface area contributed by atoms with Crippen LogP contribution in [0.15, 0.2) is 24.3 Å². The molecule has 0 aliphatic carbocycles. The van der Waals surface area contributed by atoms with Crippen LogP contribution in [-0.2, 0) is 0 Å². The first-order chi connectivity index (χ1) is 9.06. The lowest BCUT2D eigenvalue weighted by Crippen LogP contribution is -2.36. The van der Waals surface area contributed by atoms with Gasteiger partial charge in [-0.15, -0.1) is 0 Å². The molecule has 19 heavy (non-hydrogen) atoms. The summed E-state index contributed by atoms with van der Waals surface area (Å²) >= 11 is 0. The highest BCUT2D eigenvalue weighted by Crippen LogP contribution is 2.14. The number of rotatable bonds is 7. The highest BCUT2D eigenvalue weighted by Gasteiger charge is 2.11. The van der Waals surface area contributed by atoms with Crippen molar-refractivity contribution in [2.24, 2.45) is 5.92 Å². The summed E-state index contributed by atoms with van der Waals surface area (Å²) in [6.45, 7) is 6.64. The normalized spacial score (nSPS) is 12.3. The van der Waals surface area contributed by atoms with Crippen LogP contribution in [0.4, 0.5) is 0 Å². The number of hydrogen-bond donors (Lipinski definition) is 2. The van der Waals surface area contributed by atoms with E-state index in [1.165, 1.54) is 0 Å². The van der Waals surface area contributed by atoms with Gasteiger partial charge in [0.15, 0.2) is 0 Å². The van der Waals surface area contributed by atoms with Crippen molar-refractivity contribution in [3.8, 4) is 5.75 Å². The van der Waals surface area contributed by atoms with Crippen LogP contribution < -0.4 is 10.1 Å². The number of nitrogens with one attached hydrogen (secondary N) is 1. The first-order valence-electron chi connectivity index (χ1n) is 6.71. The summed E-state index contributed by atoms with van der Waals surface area (Å²) in [6.07, 6.45) is 0.700. The van der Waals surface area contributed by atoms with E-state index < -0.39 is 0 Å². The van der Waals surface area contributed by atoms with E-state index in [1.807, 2.05) is 13.0 Å². The second kappa shape index (κ2) is 7.79. The molecule has 0 bridgehead atoms. The highest BCUT2D eigenvalue weighted by atomic mass is 16.5. The number of ether oxygens (including phenoxy) is 1. The van der Waals surface area contributed by atoms with Crippen molar-refractivity contribution in [3.63, 3.8) is 0 Å². The van der Waals surface area contributed by atoms with Gasteiger partial charge >= 0.3 is 0 Å². The average molecular weight is 265 g/mol. The number of aliphatic hydroxyl groups is 1. The summed E-state index contributed by atoms with van der Waals surface area (Å²) in [6, 6.07) is 6.89. The predicted octanol–water partition coefficient (Wildman–Crippen LogP) is 2.22. The Labute approximate surface area is 114 Å². The summed E-state index contributed by atoms with van der Waals surface area (Å²) in [5, 5.41) is 11.9. The molecule has 0 aromatic heterocycles. The Morgan fingerprint density at radius 2 is 2.16 bits per heavy atom. The molecule has 2 N–H and O–H groups in total. The molecule has 4 nitrogen and oxygen atoms in total. The zero-order valence-corrected chi connectivity index (χ0v) is 11.8. The van der Waals surface area contributed by atoms with E-state index in [0.29, 0.717) is 30.3 Å². The van der Waals surface area contributed by atoms with Crippen LogP contribution in [-0.4, -0.2) is 30.3 Å². The zero-order chi connectivity index (χ0) is 14.3. The molecular weight excluding hydrogens is 242 g/mol. The summed E-state index contributed by atoms with van der Waals surface area (Å²) in [5.74, 6) is 0.950. The van der Waals surface area contributed by atoms with Gasteiger partial charge in [-0.05, 0) is 30.5 Å². The highest BCUT2D eigenvalue weighted by molar-refractivity contribution is 5.94. The van der Waals surface area contributed by atoms with Gasteiger partial charge in [0.1, 0.15) is 5.75 Å². The molecule has 0 radical (unpaired) electrons. The Bertz CT molecular complexity index is 400. The molecule has 0 unspecified atom stereocenters. The quantitative estimate of drug-likeness (QED) is 0.794. The first kappa shape index (κ1) is 15.5. The Morgan fingerprint density at radius 1 is 1.42 bits per heavy atom. The lowest BCUT2D eigenvalue weighted by atomic mass is 10.1. The van der Waals surface area contributed by atoms with Gasteiger partial charge in [-0.1, -0.05) is 26.8 Å². The van der Waals surface area contributed by atoms with Gasteiger partial charge in [0.2, 0.25) is 0 Å². The summed E-state index contributed by atoms with van der Waals surface area (Å²) < 4.78 is 5.59. The van der Waals surface area contributed by atoms with Crippen molar-refractivity contribution in [3.05, 3.63) is 29.8 Å². The molecule has 0 aliphatic heterocycles. The van der Waals surface area contributed by atoms with Gasteiger partial charge < -0.3 is 15.2 Å². The molecule has 1 rings (SSSR count). The molecule has 1 amide bonds. The molecule has 0 aliphatic rings. The lowest BCUT2D eigenvalue weighted by Gasteiger charge is -2.14. The Kier molecular flexibility index (Phi) is 6.36. The molecule has 106 valence electrons. The van der Waals surface area contributed by atoms with Crippen molar-refractivity contribution in [1.29, 1.82) is 0 Å². The zero-order valence-electron chi connectivity index (χ0n) is 11.8. The molecule has 0 saturated carbocycles. The Hall–Kier alpha value is -1.55. The lowest BCUT2D eigenvalue weighted by molar-refractivity contribution is 0.0914. The Morgan fingerprint density at radius 3 is 2.74 bits per heavy atom. The van der Waals surface area contributed by atoms with Crippen LogP contribution in [0.5, 0.6) is 5.75 Å². The van der Waals surface area contributed by atoms with Crippen molar-refractivity contribution >= 4 is 5.91 Å². The van der Waals surface area contributed by atoms with E-state index in [2.05, 4.69) is 19.2 Å². The van der Waals surface area contributed by atoms with E-state index in [1.54, 1.807) is 18.2 Å². The topological polar surface area (TPSA) is 58.6 Å². The van der Waals surface area contributed by atoms with Crippen LogP contribution in [0.25, 0.3) is 0 Å². The second-order valence-corrected chi connectivity index (χ2v) is 4.99. The van der Waals surface area contributed by atoms with Crippen LogP contribution in [0.3, 0.4) is 0 Å². The smallest absolute Gasteiger partial charge is 0.251 e. The monoisotopic (exact) mass is 265 g/mol. The van der Waals surface area contributed by atoms with E-state index in [0.717, 1.165) is 0 Å². The minimum Gasteiger partial charge on any atom is -0.493 e. The summed E-state index contributed by atoms with van der Waals surface area (Å²) in [7, 11) is 0. The fourth-order valence-corrected chi connectivity index (χ4v) is 1.54. The van der Waals surface area contributed by atoms with Gasteiger partial charge in [0.05, 0.1) is 19.3 Å². The van der Waals surface area contributed by atoms with Gasteiger partial charge in [0, 0.05) is 5.56 Å².